The summed E-state index contributed by atoms with van der Waals surface area (Å²) >= 11 is 0. The van der Waals surface area contributed by atoms with Crippen molar-refractivity contribution in [1.82, 2.24) is 20.4 Å². The van der Waals surface area contributed by atoms with E-state index in [0.717, 1.165) is 31.9 Å². The van der Waals surface area contributed by atoms with Gasteiger partial charge in [0.2, 0.25) is 0 Å². The minimum absolute atomic E-state index is 0. The van der Waals surface area contributed by atoms with Crippen molar-refractivity contribution >= 4 is 29.9 Å². The van der Waals surface area contributed by atoms with Crippen molar-refractivity contribution < 1.29 is 9.52 Å². The fourth-order valence-corrected chi connectivity index (χ4v) is 3.42. The van der Waals surface area contributed by atoms with Gasteiger partial charge in [-0.1, -0.05) is 0 Å². The van der Waals surface area contributed by atoms with E-state index in [1.807, 2.05) is 19.1 Å². The third-order valence-corrected chi connectivity index (χ3v) is 4.99. The van der Waals surface area contributed by atoms with E-state index in [1.54, 1.807) is 14.0 Å². The van der Waals surface area contributed by atoms with Gasteiger partial charge in [-0.3, -0.25) is 14.8 Å². The summed E-state index contributed by atoms with van der Waals surface area (Å²) in [5, 5.41) is 17.2. The van der Waals surface area contributed by atoms with Gasteiger partial charge in [0.15, 0.2) is 5.96 Å². The molecule has 1 aromatic rings. The predicted molar refractivity (Wildman–Crippen MR) is 110 cm³/mol. The average molecular weight is 463 g/mol. The number of aliphatic hydroxyl groups is 1. The Morgan fingerprint density at radius 2 is 2.04 bits per heavy atom. The highest BCUT2D eigenvalue weighted by Crippen LogP contribution is 2.21. The Labute approximate surface area is 166 Å². The normalized spacial score (nSPS) is 28.2. The summed E-state index contributed by atoms with van der Waals surface area (Å²) in [7, 11) is 1.75. The molecule has 1 aromatic heterocycles. The van der Waals surface area contributed by atoms with Crippen molar-refractivity contribution in [2.45, 2.75) is 25.5 Å². The number of halogens is 1. The number of hydrogen-bond acceptors (Lipinski definition) is 5. The molecule has 4 heterocycles. The first-order chi connectivity index (χ1) is 11.5. The fraction of sp³-hybridized carbons (Fsp3) is 0.706. The van der Waals surface area contributed by atoms with Crippen LogP contribution in [0.3, 0.4) is 0 Å². The molecule has 2 bridgehead atoms. The maximum absolute atomic E-state index is 10.6. The molecule has 2 atom stereocenters. The molecule has 0 aromatic carbocycles. The van der Waals surface area contributed by atoms with Crippen LogP contribution >= 0.6 is 24.0 Å². The average Bonchev–Trinajstić information content (AvgIpc) is 3.03. The molecule has 0 saturated carbocycles. The second kappa shape index (κ2) is 8.70. The minimum atomic E-state index is -1.08. The molecule has 0 radical (unpaired) electrons. The zero-order valence-electron chi connectivity index (χ0n) is 15.3. The molecule has 0 spiro atoms. The van der Waals surface area contributed by atoms with E-state index >= 15 is 0 Å². The number of nitrogens with zero attached hydrogens (tertiary/aromatic N) is 3. The lowest BCUT2D eigenvalue weighted by Crippen LogP contribution is -2.64. The van der Waals surface area contributed by atoms with E-state index in [-0.39, 0.29) is 24.0 Å². The number of guanidine groups is 1. The first kappa shape index (κ1) is 20.5. The summed E-state index contributed by atoms with van der Waals surface area (Å²) in [4.78, 5) is 9.32. The second-order valence-corrected chi connectivity index (χ2v) is 6.98. The molecule has 3 N–H and O–H groups in total. The molecule has 3 aliphatic rings. The van der Waals surface area contributed by atoms with Crippen LogP contribution in [-0.4, -0.2) is 79.8 Å². The molecule has 3 aliphatic heterocycles. The van der Waals surface area contributed by atoms with Crippen molar-refractivity contribution in [3.63, 3.8) is 0 Å². The predicted octanol–water partition coefficient (Wildman–Crippen LogP) is 0.578. The molecule has 8 heteroatoms. The summed E-state index contributed by atoms with van der Waals surface area (Å²) < 4.78 is 5.54. The highest BCUT2D eigenvalue weighted by atomic mass is 127. The van der Waals surface area contributed by atoms with Crippen molar-refractivity contribution in [3.05, 3.63) is 23.7 Å². The smallest absolute Gasteiger partial charge is 0.191 e. The van der Waals surface area contributed by atoms with Crippen LogP contribution in [0.1, 0.15) is 18.4 Å². The lowest BCUT2D eigenvalue weighted by atomic mass is 10.0. The number of piperazine rings is 3. The Kier molecular flexibility index (Phi) is 7.12. The van der Waals surface area contributed by atoms with Crippen LogP contribution in [-0.2, 0) is 5.60 Å². The summed E-state index contributed by atoms with van der Waals surface area (Å²) in [5.74, 6) is 2.06. The summed E-state index contributed by atoms with van der Waals surface area (Å²) in [6.07, 6.45) is 0. The maximum atomic E-state index is 10.6. The Morgan fingerprint density at radius 3 is 2.56 bits per heavy atom. The third-order valence-electron chi connectivity index (χ3n) is 4.99. The van der Waals surface area contributed by atoms with Gasteiger partial charge in [-0.05, 0) is 26.0 Å². The maximum Gasteiger partial charge on any atom is 0.191 e. The fourth-order valence-electron chi connectivity index (χ4n) is 3.42. The quantitative estimate of drug-likeness (QED) is 0.337. The van der Waals surface area contributed by atoms with Gasteiger partial charge in [-0.25, -0.2) is 0 Å². The van der Waals surface area contributed by atoms with Gasteiger partial charge in [0.25, 0.3) is 0 Å². The number of nitrogens with one attached hydrogen (secondary N) is 2. The molecular weight excluding hydrogens is 433 g/mol. The highest BCUT2D eigenvalue weighted by molar-refractivity contribution is 14.0. The van der Waals surface area contributed by atoms with Crippen LogP contribution in [0.4, 0.5) is 0 Å². The number of aryl methyl sites for hydroxylation is 1. The van der Waals surface area contributed by atoms with Gasteiger partial charge < -0.3 is 20.2 Å². The largest absolute Gasteiger partial charge is 0.463 e. The van der Waals surface area contributed by atoms with Crippen LogP contribution in [0.5, 0.6) is 0 Å². The number of hydrogen-bond donors (Lipinski definition) is 3. The molecule has 4 rings (SSSR count). The van der Waals surface area contributed by atoms with Crippen LogP contribution in [0.25, 0.3) is 0 Å². The first-order valence-corrected chi connectivity index (χ1v) is 8.68. The van der Waals surface area contributed by atoms with Crippen LogP contribution in [0.2, 0.25) is 0 Å². The van der Waals surface area contributed by atoms with Crippen LogP contribution in [0, 0.1) is 6.92 Å². The van der Waals surface area contributed by atoms with Gasteiger partial charge in [-0.2, -0.15) is 0 Å². The van der Waals surface area contributed by atoms with Crippen molar-refractivity contribution in [3.8, 4) is 0 Å². The molecule has 25 heavy (non-hydrogen) atoms. The zero-order valence-corrected chi connectivity index (χ0v) is 17.6. The molecule has 0 aliphatic carbocycles. The van der Waals surface area contributed by atoms with E-state index in [4.69, 9.17) is 4.42 Å². The zero-order chi connectivity index (χ0) is 17.2. The van der Waals surface area contributed by atoms with E-state index in [2.05, 4.69) is 25.4 Å². The summed E-state index contributed by atoms with van der Waals surface area (Å²) in [6, 6.07) is 4.20. The van der Waals surface area contributed by atoms with E-state index in [9.17, 15) is 5.11 Å². The summed E-state index contributed by atoms with van der Waals surface area (Å²) in [6.45, 7) is 10.6. The Balaban J connectivity index is 0.00000225. The SMILES string of the molecule is CN=C(NCC1CN2CCN1CC2)NCC(C)(O)c1ccc(C)o1.I. The lowest BCUT2D eigenvalue weighted by molar-refractivity contribution is 0.0152. The molecule has 0 amide bonds. The standard InChI is InChI=1S/C17H29N5O2.HI/c1-13-4-5-15(24-13)17(2,23)12-20-16(18-3)19-10-14-11-21-6-8-22(14)9-7-21;/h4-5,14,23H,6-12H2,1-3H3,(H2,18,19,20);1H. The first-order valence-electron chi connectivity index (χ1n) is 8.68. The van der Waals surface area contributed by atoms with Crippen LogP contribution in [0.15, 0.2) is 21.5 Å². The van der Waals surface area contributed by atoms with Gasteiger partial charge in [-0.15, -0.1) is 24.0 Å². The topological polar surface area (TPSA) is 76.3 Å². The highest BCUT2D eigenvalue weighted by Gasteiger charge is 2.32. The molecule has 7 nitrogen and oxygen atoms in total. The monoisotopic (exact) mass is 463 g/mol. The number of furan rings is 1. The minimum Gasteiger partial charge on any atom is -0.463 e. The summed E-state index contributed by atoms with van der Waals surface area (Å²) in [5.41, 5.74) is -1.08. The van der Waals surface area contributed by atoms with Gasteiger partial charge >= 0.3 is 0 Å². The van der Waals surface area contributed by atoms with E-state index in [1.165, 1.54) is 13.1 Å². The number of fused-ring (bicyclic) bond motifs is 3. The van der Waals surface area contributed by atoms with E-state index < -0.39 is 5.60 Å². The van der Waals surface area contributed by atoms with Crippen LogP contribution < -0.4 is 10.6 Å². The molecule has 142 valence electrons. The molecular formula is C17H30IN5O2. The van der Waals surface area contributed by atoms with Crippen molar-refractivity contribution in [2.24, 2.45) is 4.99 Å². The van der Waals surface area contributed by atoms with E-state index in [0.29, 0.717) is 24.3 Å². The third kappa shape index (κ3) is 5.08. The Hall–Kier alpha value is -0.840. The lowest BCUT2D eigenvalue weighted by Gasteiger charge is -2.47. The molecule has 3 saturated heterocycles. The van der Waals surface area contributed by atoms with Gasteiger partial charge in [0.1, 0.15) is 17.1 Å². The number of rotatable bonds is 5. The van der Waals surface area contributed by atoms with Gasteiger partial charge in [0, 0.05) is 52.4 Å². The molecule has 3 fully saturated rings. The second-order valence-electron chi connectivity index (χ2n) is 6.98. The number of aliphatic imine (C=N–C) groups is 1. The Bertz CT molecular complexity index is 581. The van der Waals surface area contributed by atoms with Crippen molar-refractivity contribution in [1.29, 1.82) is 0 Å². The van der Waals surface area contributed by atoms with Gasteiger partial charge in [0.05, 0.1) is 6.54 Å². The van der Waals surface area contributed by atoms with Crippen molar-refractivity contribution in [2.75, 3.05) is 52.9 Å². The Morgan fingerprint density at radius 1 is 1.32 bits per heavy atom. The molecule has 2 unspecified atom stereocenters.